The van der Waals surface area contributed by atoms with Crippen molar-refractivity contribution >= 4 is 11.7 Å². The van der Waals surface area contributed by atoms with Crippen LogP contribution in [0.5, 0.6) is 0 Å². The van der Waals surface area contributed by atoms with Crippen molar-refractivity contribution in [3.8, 4) is 0 Å². The lowest BCUT2D eigenvalue weighted by molar-refractivity contribution is -0.128. The number of carbonyl (C=O) groups is 1. The summed E-state index contributed by atoms with van der Waals surface area (Å²) in [4.78, 5) is 12.6. The molecule has 1 amide bonds. The molecule has 0 heterocycles. The van der Waals surface area contributed by atoms with E-state index in [4.69, 9.17) is 10.9 Å². The normalized spacial score (nSPS) is 24.3. The van der Waals surface area contributed by atoms with E-state index in [-0.39, 0.29) is 11.7 Å². The number of nitrogens with zero attached hydrogens (tertiary/aromatic N) is 1. The zero-order valence-corrected chi connectivity index (χ0v) is 12.2. The van der Waals surface area contributed by atoms with E-state index in [1.807, 2.05) is 0 Å². The maximum Gasteiger partial charge on any atom is 0.233 e. The molecule has 2 saturated carbocycles. The molecule has 0 aliphatic heterocycles. The number of amidine groups is 1. The van der Waals surface area contributed by atoms with Gasteiger partial charge in [0.05, 0.1) is 0 Å². The zero-order chi connectivity index (χ0) is 14.4. The third kappa shape index (κ3) is 3.25. The molecule has 2 aliphatic carbocycles. The fourth-order valence-corrected chi connectivity index (χ4v) is 3.65. The van der Waals surface area contributed by atoms with Crippen LogP contribution in [0.15, 0.2) is 5.16 Å². The molecule has 0 unspecified atom stereocenters. The summed E-state index contributed by atoms with van der Waals surface area (Å²) in [6, 6.07) is 0. The molecule has 2 aliphatic rings. The Labute approximate surface area is 121 Å². The highest BCUT2D eigenvalue weighted by Crippen LogP contribution is 2.36. The third-order valence-electron chi connectivity index (χ3n) is 5.02. The van der Waals surface area contributed by atoms with Gasteiger partial charge in [-0.2, -0.15) is 0 Å². The van der Waals surface area contributed by atoms with Gasteiger partial charge < -0.3 is 16.3 Å². The van der Waals surface area contributed by atoms with Gasteiger partial charge in [-0.25, -0.2) is 0 Å². The van der Waals surface area contributed by atoms with Crippen LogP contribution in [0.3, 0.4) is 0 Å². The molecule has 5 heteroatoms. The maximum atomic E-state index is 12.6. The molecule has 20 heavy (non-hydrogen) atoms. The molecular weight excluding hydrogens is 254 g/mol. The summed E-state index contributed by atoms with van der Waals surface area (Å²) in [6.07, 6.45) is 10.5. The fourth-order valence-electron chi connectivity index (χ4n) is 3.65. The standard InChI is InChI=1S/C15H27N3O2/c16-13(18-20)15(9-5-1-2-6-10-15)14(19)17-11-12-7-3-4-8-12/h12,20H,1-11H2,(H2,16,18)(H,17,19). The van der Waals surface area contributed by atoms with Gasteiger partial charge in [-0.15, -0.1) is 0 Å². The van der Waals surface area contributed by atoms with E-state index < -0.39 is 5.41 Å². The number of rotatable bonds is 4. The Hall–Kier alpha value is -1.26. The molecule has 0 aromatic heterocycles. The molecule has 0 aromatic rings. The molecule has 2 fully saturated rings. The number of oxime groups is 1. The van der Waals surface area contributed by atoms with Crippen LogP contribution in [0.1, 0.15) is 64.2 Å². The van der Waals surface area contributed by atoms with E-state index in [1.54, 1.807) is 0 Å². The van der Waals surface area contributed by atoms with Crippen LogP contribution >= 0.6 is 0 Å². The average molecular weight is 281 g/mol. The Morgan fingerprint density at radius 2 is 1.75 bits per heavy atom. The van der Waals surface area contributed by atoms with E-state index in [9.17, 15) is 4.79 Å². The summed E-state index contributed by atoms with van der Waals surface area (Å²) in [6.45, 7) is 0.735. The first kappa shape index (κ1) is 15.1. The van der Waals surface area contributed by atoms with Gasteiger partial charge in [0.1, 0.15) is 5.41 Å². The van der Waals surface area contributed by atoms with Crippen molar-refractivity contribution in [1.29, 1.82) is 0 Å². The fraction of sp³-hybridized carbons (Fsp3) is 0.867. The van der Waals surface area contributed by atoms with Gasteiger partial charge in [-0.05, 0) is 31.6 Å². The van der Waals surface area contributed by atoms with Gasteiger partial charge in [0.25, 0.3) is 0 Å². The maximum absolute atomic E-state index is 12.6. The number of hydrogen-bond acceptors (Lipinski definition) is 3. The van der Waals surface area contributed by atoms with Gasteiger partial charge >= 0.3 is 0 Å². The summed E-state index contributed by atoms with van der Waals surface area (Å²) >= 11 is 0. The Bertz CT molecular complexity index is 354. The summed E-state index contributed by atoms with van der Waals surface area (Å²) in [5, 5.41) is 15.3. The minimum absolute atomic E-state index is 0.0402. The SMILES string of the molecule is NC(=NO)C1(C(=O)NCC2CCCC2)CCCCCC1. The molecule has 0 aromatic carbocycles. The van der Waals surface area contributed by atoms with Crippen LogP contribution in [0.25, 0.3) is 0 Å². The van der Waals surface area contributed by atoms with Gasteiger partial charge in [0, 0.05) is 6.54 Å². The monoisotopic (exact) mass is 281 g/mol. The molecule has 4 N–H and O–H groups in total. The van der Waals surface area contributed by atoms with Crippen molar-refractivity contribution in [3.63, 3.8) is 0 Å². The molecule has 2 rings (SSSR count). The number of nitrogens with one attached hydrogen (secondary N) is 1. The second-order valence-electron chi connectivity index (χ2n) is 6.34. The van der Waals surface area contributed by atoms with Crippen molar-refractivity contribution < 1.29 is 10.0 Å². The summed E-state index contributed by atoms with van der Waals surface area (Å²) in [7, 11) is 0. The predicted octanol–water partition coefficient (Wildman–Crippen LogP) is 2.38. The van der Waals surface area contributed by atoms with Crippen molar-refractivity contribution in [2.24, 2.45) is 22.2 Å². The van der Waals surface area contributed by atoms with Crippen molar-refractivity contribution in [1.82, 2.24) is 5.32 Å². The third-order valence-corrected chi connectivity index (χ3v) is 5.02. The van der Waals surface area contributed by atoms with Crippen LogP contribution in [0.4, 0.5) is 0 Å². The topological polar surface area (TPSA) is 87.7 Å². The molecule has 5 nitrogen and oxygen atoms in total. The number of amides is 1. The second kappa shape index (κ2) is 6.95. The van der Waals surface area contributed by atoms with Gasteiger partial charge in [0.2, 0.25) is 5.91 Å². The summed E-state index contributed by atoms with van der Waals surface area (Å²) in [5.74, 6) is 0.652. The summed E-state index contributed by atoms with van der Waals surface area (Å²) in [5.41, 5.74) is 5.09. The minimum Gasteiger partial charge on any atom is -0.409 e. The first-order valence-corrected chi connectivity index (χ1v) is 7.95. The number of carbonyl (C=O) groups excluding carboxylic acids is 1. The highest BCUT2D eigenvalue weighted by atomic mass is 16.4. The van der Waals surface area contributed by atoms with Crippen LogP contribution in [-0.4, -0.2) is 23.5 Å². The summed E-state index contributed by atoms with van der Waals surface area (Å²) < 4.78 is 0. The Morgan fingerprint density at radius 1 is 1.15 bits per heavy atom. The lowest BCUT2D eigenvalue weighted by Crippen LogP contribution is -2.50. The van der Waals surface area contributed by atoms with E-state index in [0.717, 1.165) is 32.2 Å². The molecule has 0 saturated heterocycles. The Kier molecular flexibility index (Phi) is 5.26. The number of nitrogens with two attached hydrogens (primary N) is 1. The van der Waals surface area contributed by atoms with Gasteiger partial charge in [-0.1, -0.05) is 43.7 Å². The van der Waals surface area contributed by atoms with Crippen molar-refractivity contribution in [2.75, 3.05) is 6.54 Å². The lowest BCUT2D eigenvalue weighted by atomic mass is 9.78. The van der Waals surface area contributed by atoms with E-state index in [1.165, 1.54) is 25.7 Å². The molecule has 0 spiro atoms. The highest BCUT2D eigenvalue weighted by molar-refractivity contribution is 6.06. The molecule has 0 atom stereocenters. The lowest BCUT2D eigenvalue weighted by Gasteiger charge is -2.30. The Morgan fingerprint density at radius 3 is 2.30 bits per heavy atom. The average Bonchev–Trinajstić information content (AvgIpc) is 2.86. The van der Waals surface area contributed by atoms with Crippen LogP contribution < -0.4 is 11.1 Å². The van der Waals surface area contributed by atoms with Crippen LogP contribution in [-0.2, 0) is 4.79 Å². The Balaban J connectivity index is 2.02. The first-order chi connectivity index (χ1) is 9.69. The largest absolute Gasteiger partial charge is 0.409 e. The van der Waals surface area contributed by atoms with E-state index in [2.05, 4.69) is 10.5 Å². The smallest absolute Gasteiger partial charge is 0.233 e. The molecule has 114 valence electrons. The van der Waals surface area contributed by atoms with Crippen LogP contribution in [0.2, 0.25) is 0 Å². The second-order valence-corrected chi connectivity index (χ2v) is 6.34. The molecule has 0 bridgehead atoms. The van der Waals surface area contributed by atoms with Crippen LogP contribution in [0, 0.1) is 11.3 Å². The van der Waals surface area contributed by atoms with Gasteiger partial charge in [-0.3, -0.25) is 4.79 Å². The van der Waals surface area contributed by atoms with E-state index >= 15 is 0 Å². The number of hydrogen-bond donors (Lipinski definition) is 3. The van der Waals surface area contributed by atoms with E-state index in [0.29, 0.717) is 18.8 Å². The van der Waals surface area contributed by atoms with Crippen molar-refractivity contribution in [2.45, 2.75) is 64.2 Å². The van der Waals surface area contributed by atoms with Crippen molar-refractivity contribution in [3.05, 3.63) is 0 Å². The quantitative estimate of drug-likeness (QED) is 0.243. The zero-order valence-electron chi connectivity index (χ0n) is 12.2. The highest BCUT2D eigenvalue weighted by Gasteiger charge is 2.43. The molecule has 0 radical (unpaired) electrons. The predicted molar refractivity (Wildman–Crippen MR) is 78.5 cm³/mol. The van der Waals surface area contributed by atoms with Gasteiger partial charge in [0.15, 0.2) is 5.84 Å². The first-order valence-electron chi connectivity index (χ1n) is 7.95. The minimum atomic E-state index is -0.788. The molecular formula is C15H27N3O2.